The topological polar surface area (TPSA) is 78.9 Å². The molecule has 0 unspecified atom stereocenters. The molecule has 0 amide bonds. The summed E-state index contributed by atoms with van der Waals surface area (Å²) in [6.45, 7) is 13.8. The average Bonchev–Trinajstić information content (AvgIpc) is 3.29. The van der Waals surface area contributed by atoms with Gasteiger partial charge in [-0.05, 0) is 37.0 Å². The van der Waals surface area contributed by atoms with Crippen molar-refractivity contribution in [3.05, 3.63) is 0 Å². The number of rotatable bonds is 54. The summed E-state index contributed by atoms with van der Waals surface area (Å²) in [6, 6.07) is 0. The van der Waals surface area contributed by atoms with Gasteiger partial charge in [0.2, 0.25) is 0 Å². The fraction of sp³-hybridized carbons (Fsp3) is 0.951. The van der Waals surface area contributed by atoms with Gasteiger partial charge < -0.3 is 14.2 Å². The number of ether oxygens (including phenoxy) is 3. The monoisotopic (exact) mass is 947 g/mol. The molecule has 0 heterocycles. The first kappa shape index (κ1) is 65.4. The van der Waals surface area contributed by atoms with Gasteiger partial charge in [0, 0.05) is 19.3 Å². The molecule has 0 radical (unpaired) electrons. The first-order valence-corrected chi connectivity index (χ1v) is 30.1. The van der Waals surface area contributed by atoms with Crippen molar-refractivity contribution in [1.29, 1.82) is 0 Å². The predicted molar refractivity (Wildman–Crippen MR) is 289 cm³/mol. The van der Waals surface area contributed by atoms with Crippen LogP contribution in [0.3, 0.4) is 0 Å². The molecule has 0 aromatic rings. The molecule has 0 saturated carbocycles. The molecule has 0 spiro atoms. The summed E-state index contributed by atoms with van der Waals surface area (Å²) in [6.07, 6.45) is 55.2. The van der Waals surface area contributed by atoms with Gasteiger partial charge in [-0.15, -0.1) is 0 Å². The van der Waals surface area contributed by atoms with Crippen molar-refractivity contribution >= 4 is 17.9 Å². The summed E-state index contributed by atoms with van der Waals surface area (Å²) in [5.74, 6) is 1.68. The lowest BCUT2D eigenvalue weighted by Crippen LogP contribution is -2.30. The summed E-state index contributed by atoms with van der Waals surface area (Å²) in [5.41, 5.74) is 0. The Morgan fingerprint density at radius 3 is 0.642 bits per heavy atom. The highest BCUT2D eigenvalue weighted by Crippen LogP contribution is 2.19. The smallest absolute Gasteiger partial charge is 0.306 e. The van der Waals surface area contributed by atoms with Crippen molar-refractivity contribution in [2.75, 3.05) is 13.2 Å². The second-order valence-corrected chi connectivity index (χ2v) is 22.4. The van der Waals surface area contributed by atoms with E-state index in [9.17, 15) is 14.4 Å². The first-order valence-electron chi connectivity index (χ1n) is 30.1. The fourth-order valence-corrected chi connectivity index (χ4v) is 9.35. The van der Waals surface area contributed by atoms with Crippen LogP contribution in [0.5, 0.6) is 0 Å². The minimum atomic E-state index is -0.764. The van der Waals surface area contributed by atoms with Crippen LogP contribution in [0.25, 0.3) is 0 Å². The van der Waals surface area contributed by atoms with Crippen molar-refractivity contribution in [1.82, 2.24) is 0 Å². The Morgan fingerprint density at radius 2 is 0.433 bits per heavy atom. The van der Waals surface area contributed by atoms with Gasteiger partial charge in [-0.1, -0.05) is 298 Å². The third-order valence-electron chi connectivity index (χ3n) is 13.9. The first-order chi connectivity index (χ1) is 32.6. The van der Waals surface area contributed by atoms with E-state index in [1.807, 2.05) is 0 Å². The Bertz CT molecular complexity index is 1040. The summed E-state index contributed by atoms with van der Waals surface area (Å²) in [5, 5.41) is 0. The van der Waals surface area contributed by atoms with Gasteiger partial charge in [0.15, 0.2) is 6.10 Å². The Hall–Kier alpha value is -1.59. The molecule has 0 aliphatic rings. The minimum absolute atomic E-state index is 0.0632. The zero-order valence-electron chi connectivity index (χ0n) is 46.2. The van der Waals surface area contributed by atoms with E-state index >= 15 is 0 Å². The van der Waals surface area contributed by atoms with Gasteiger partial charge in [0.1, 0.15) is 13.2 Å². The highest BCUT2D eigenvalue weighted by Gasteiger charge is 2.19. The second-order valence-electron chi connectivity index (χ2n) is 22.4. The lowest BCUT2D eigenvalue weighted by Gasteiger charge is -2.18. The molecule has 0 aromatic heterocycles. The molecule has 0 fully saturated rings. The van der Waals surface area contributed by atoms with Gasteiger partial charge in [-0.2, -0.15) is 0 Å². The second kappa shape index (κ2) is 52.2. The lowest BCUT2D eigenvalue weighted by molar-refractivity contribution is -0.167. The molecule has 1 atom stereocenters. The van der Waals surface area contributed by atoms with E-state index in [-0.39, 0.29) is 31.1 Å². The number of carbonyl (C=O) groups is 3. The third-order valence-corrected chi connectivity index (χ3v) is 13.9. The number of carbonyl (C=O) groups excluding carboxylic acids is 3. The Labute approximate surface area is 418 Å². The molecule has 398 valence electrons. The summed E-state index contributed by atoms with van der Waals surface area (Å²) < 4.78 is 16.9. The molecular formula is C61H118O6. The van der Waals surface area contributed by atoms with Crippen LogP contribution in [0.2, 0.25) is 0 Å². The normalized spacial score (nSPS) is 12.1. The molecule has 0 saturated heterocycles. The lowest BCUT2D eigenvalue weighted by atomic mass is 10.0. The highest BCUT2D eigenvalue weighted by molar-refractivity contribution is 5.71. The van der Waals surface area contributed by atoms with E-state index in [0.717, 1.165) is 75.5 Å². The van der Waals surface area contributed by atoms with Crippen LogP contribution in [0.1, 0.15) is 337 Å². The van der Waals surface area contributed by atoms with Gasteiger partial charge in [0.05, 0.1) is 0 Å². The average molecular weight is 948 g/mol. The number of unbranched alkanes of at least 4 members (excludes halogenated alkanes) is 37. The minimum Gasteiger partial charge on any atom is -0.462 e. The maximum absolute atomic E-state index is 12.9. The molecule has 6 nitrogen and oxygen atoms in total. The SMILES string of the molecule is CC(C)CCCCCCCCCCCCCCCCCCC(=O)O[C@@H](COC(=O)CCCCCCCCCCCCCCCC(C)C)COC(=O)CCCCCCCCCCCCCC(C)C. The molecule has 0 bridgehead atoms. The van der Waals surface area contributed by atoms with Crippen molar-refractivity contribution < 1.29 is 28.6 Å². The van der Waals surface area contributed by atoms with Gasteiger partial charge >= 0.3 is 17.9 Å². The van der Waals surface area contributed by atoms with E-state index in [1.165, 1.54) is 218 Å². The van der Waals surface area contributed by atoms with Crippen molar-refractivity contribution in [3.63, 3.8) is 0 Å². The molecule has 0 aliphatic carbocycles. The zero-order chi connectivity index (χ0) is 49.1. The molecule has 0 rings (SSSR count). The van der Waals surface area contributed by atoms with Crippen LogP contribution >= 0.6 is 0 Å². The van der Waals surface area contributed by atoms with Crippen LogP contribution in [0, 0.1) is 17.8 Å². The van der Waals surface area contributed by atoms with Gasteiger partial charge in [-0.3, -0.25) is 14.4 Å². The Kier molecular flexibility index (Phi) is 51.0. The highest BCUT2D eigenvalue weighted by atomic mass is 16.6. The molecule has 6 heteroatoms. The van der Waals surface area contributed by atoms with Crippen LogP contribution < -0.4 is 0 Å². The number of hydrogen-bond donors (Lipinski definition) is 0. The summed E-state index contributed by atoms with van der Waals surface area (Å²) in [4.78, 5) is 38.2. The molecule has 0 aliphatic heterocycles. The third kappa shape index (κ3) is 55.2. The summed E-state index contributed by atoms with van der Waals surface area (Å²) >= 11 is 0. The van der Waals surface area contributed by atoms with Crippen molar-refractivity contribution in [2.45, 2.75) is 343 Å². The largest absolute Gasteiger partial charge is 0.462 e. The summed E-state index contributed by atoms with van der Waals surface area (Å²) in [7, 11) is 0. The standard InChI is InChI=1S/C61H118O6/c1-55(2)47-41-35-29-23-17-12-9-7-8-10-14-21-28-34-40-46-52-61(64)67-58(54-66-60(63)51-45-39-33-27-22-16-19-25-31-37-43-49-57(5)6)53-65-59(62)50-44-38-32-26-20-15-11-13-18-24-30-36-42-48-56(3)4/h55-58H,7-54H2,1-6H3/t58-/m0/s1. The zero-order valence-corrected chi connectivity index (χ0v) is 46.2. The Morgan fingerprint density at radius 1 is 0.254 bits per heavy atom. The molecule has 0 N–H and O–H groups in total. The van der Waals surface area contributed by atoms with Crippen molar-refractivity contribution in [3.8, 4) is 0 Å². The number of esters is 3. The van der Waals surface area contributed by atoms with E-state index in [0.29, 0.717) is 19.3 Å². The quantitative estimate of drug-likeness (QED) is 0.0343. The maximum atomic E-state index is 12.9. The van der Waals surface area contributed by atoms with Crippen LogP contribution in [0.15, 0.2) is 0 Å². The van der Waals surface area contributed by atoms with E-state index in [1.54, 1.807) is 0 Å². The molecule has 67 heavy (non-hydrogen) atoms. The Balaban J connectivity index is 4.29. The van der Waals surface area contributed by atoms with E-state index in [4.69, 9.17) is 14.2 Å². The predicted octanol–water partition coefficient (Wildman–Crippen LogP) is 19.9. The maximum Gasteiger partial charge on any atom is 0.306 e. The molecule has 0 aromatic carbocycles. The van der Waals surface area contributed by atoms with Crippen LogP contribution in [-0.2, 0) is 28.6 Å². The van der Waals surface area contributed by atoms with Crippen LogP contribution in [-0.4, -0.2) is 37.2 Å². The van der Waals surface area contributed by atoms with E-state index < -0.39 is 6.10 Å². The van der Waals surface area contributed by atoms with Crippen LogP contribution in [0.4, 0.5) is 0 Å². The van der Waals surface area contributed by atoms with Crippen molar-refractivity contribution in [2.24, 2.45) is 17.8 Å². The fourth-order valence-electron chi connectivity index (χ4n) is 9.35. The van der Waals surface area contributed by atoms with E-state index in [2.05, 4.69) is 41.5 Å². The van der Waals surface area contributed by atoms with Gasteiger partial charge in [0.25, 0.3) is 0 Å². The van der Waals surface area contributed by atoms with Gasteiger partial charge in [-0.25, -0.2) is 0 Å². The number of hydrogen-bond acceptors (Lipinski definition) is 6. The molecular weight excluding hydrogens is 829 g/mol.